The van der Waals surface area contributed by atoms with Crippen molar-refractivity contribution in [3.63, 3.8) is 0 Å². The van der Waals surface area contributed by atoms with E-state index in [0.717, 1.165) is 43.8 Å². The minimum absolute atomic E-state index is 0.200. The van der Waals surface area contributed by atoms with Gasteiger partial charge >= 0.3 is 0 Å². The number of hydrogen-bond donors (Lipinski definition) is 1. The first kappa shape index (κ1) is 22.8. The fourth-order valence-corrected chi connectivity index (χ4v) is 5.78. The Morgan fingerprint density at radius 3 is 1.83 bits per heavy atom. The average molecular weight is 479 g/mol. The molecule has 0 saturated heterocycles. The van der Waals surface area contributed by atoms with Gasteiger partial charge in [0, 0.05) is 11.8 Å². The van der Waals surface area contributed by atoms with Crippen LogP contribution in [0.3, 0.4) is 0 Å². The van der Waals surface area contributed by atoms with Gasteiger partial charge in [-0.2, -0.15) is 0 Å². The zero-order valence-electron chi connectivity index (χ0n) is 19.9. The quantitative estimate of drug-likeness (QED) is 0.210. The van der Waals surface area contributed by atoms with E-state index in [1.807, 2.05) is 63.4 Å². The van der Waals surface area contributed by atoms with Crippen LogP contribution in [0.15, 0.2) is 101 Å². The van der Waals surface area contributed by atoms with E-state index in [4.69, 9.17) is 0 Å². The zero-order chi connectivity index (χ0) is 24.6. The number of aryl methyl sites for hydroxylation is 3. The predicted molar refractivity (Wildman–Crippen MR) is 147 cm³/mol. The number of nitrogens with one attached hydrogen (secondary N) is 1. The monoisotopic (exact) mass is 478 g/mol. The molecule has 174 valence electrons. The second-order valence-corrected chi connectivity index (χ2v) is 10.5. The van der Waals surface area contributed by atoms with Gasteiger partial charge in [0.15, 0.2) is 0 Å². The van der Waals surface area contributed by atoms with Gasteiger partial charge in [-0.3, -0.25) is 9.71 Å². The van der Waals surface area contributed by atoms with Gasteiger partial charge in [0.25, 0.3) is 10.0 Å². The molecule has 0 heterocycles. The Hall–Kier alpha value is -3.96. The summed E-state index contributed by atoms with van der Waals surface area (Å²) >= 11 is 0. The van der Waals surface area contributed by atoms with Crippen molar-refractivity contribution in [2.24, 2.45) is 4.99 Å². The maximum Gasteiger partial charge on any atom is 0.261 e. The summed E-state index contributed by atoms with van der Waals surface area (Å²) in [7, 11) is -3.71. The highest BCUT2D eigenvalue weighted by atomic mass is 32.2. The first-order valence-electron chi connectivity index (χ1n) is 11.5. The van der Waals surface area contributed by atoms with E-state index in [9.17, 15) is 8.42 Å². The van der Waals surface area contributed by atoms with Crippen molar-refractivity contribution in [3.05, 3.63) is 113 Å². The first-order chi connectivity index (χ1) is 16.8. The highest BCUT2D eigenvalue weighted by molar-refractivity contribution is 7.92. The van der Waals surface area contributed by atoms with E-state index < -0.39 is 10.0 Å². The summed E-state index contributed by atoms with van der Waals surface area (Å²) in [5.74, 6) is 0. The first-order valence-corrected chi connectivity index (χ1v) is 13.0. The van der Waals surface area contributed by atoms with Gasteiger partial charge in [-0.15, -0.1) is 0 Å². The van der Waals surface area contributed by atoms with Gasteiger partial charge in [0.1, 0.15) is 0 Å². The maximum absolute atomic E-state index is 13.0. The average Bonchev–Trinajstić information content (AvgIpc) is 2.84. The Morgan fingerprint density at radius 1 is 0.714 bits per heavy atom. The van der Waals surface area contributed by atoms with E-state index in [1.54, 1.807) is 24.3 Å². The van der Waals surface area contributed by atoms with Crippen LogP contribution in [0.5, 0.6) is 0 Å². The molecular formula is C30H26N2O2S. The van der Waals surface area contributed by atoms with E-state index in [1.165, 1.54) is 0 Å². The summed E-state index contributed by atoms with van der Waals surface area (Å²) in [6.45, 7) is 5.82. The molecule has 0 bridgehead atoms. The van der Waals surface area contributed by atoms with Crippen molar-refractivity contribution >= 4 is 49.2 Å². The predicted octanol–water partition coefficient (Wildman–Crippen LogP) is 7.47. The molecule has 5 aromatic rings. The van der Waals surface area contributed by atoms with Crippen LogP contribution in [0.2, 0.25) is 0 Å². The molecule has 35 heavy (non-hydrogen) atoms. The molecule has 0 radical (unpaired) electrons. The van der Waals surface area contributed by atoms with Gasteiger partial charge < -0.3 is 0 Å². The Kier molecular flexibility index (Phi) is 5.87. The molecule has 0 unspecified atom stereocenters. The summed E-state index contributed by atoms with van der Waals surface area (Å²) < 4.78 is 28.8. The van der Waals surface area contributed by atoms with Crippen LogP contribution in [0.1, 0.15) is 22.3 Å². The largest absolute Gasteiger partial charge is 0.279 e. The van der Waals surface area contributed by atoms with E-state index in [0.29, 0.717) is 11.4 Å². The van der Waals surface area contributed by atoms with Crippen molar-refractivity contribution in [3.8, 4) is 0 Å². The summed E-state index contributed by atoms with van der Waals surface area (Å²) in [4.78, 5) is 4.88. The van der Waals surface area contributed by atoms with Crippen molar-refractivity contribution in [1.82, 2.24) is 0 Å². The lowest BCUT2D eigenvalue weighted by Crippen LogP contribution is -2.14. The van der Waals surface area contributed by atoms with Crippen LogP contribution in [0, 0.1) is 20.8 Å². The molecule has 5 rings (SSSR count). The number of sulfonamides is 1. The molecule has 0 aliphatic heterocycles. The number of hydrogen-bond acceptors (Lipinski definition) is 3. The SMILES string of the molecule is Cc1cc(C)c(NS(=O)(=O)c2ccc(N=Cc3c4ccccc4cc4ccccc34)cc2)c(C)c1. The summed E-state index contributed by atoms with van der Waals surface area (Å²) in [6.07, 6.45) is 1.87. The zero-order valence-corrected chi connectivity index (χ0v) is 20.7. The third-order valence-corrected chi connectivity index (χ3v) is 7.58. The molecule has 0 amide bonds. The minimum atomic E-state index is -3.71. The Balaban J connectivity index is 1.46. The summed E-state index contributed by atoms with van der Waals surface area (Å²) in [5.41, 5.74) is 5.25. The Labute approximate surface area is 206 Å². The molecule has 0 aliphatic carbocycles. The lowest BCUT2D eigenvalue weighted by Gasteiger charge is -2.14. The van der Waals surface area contributed by atoms with Gasteiger partial charge in [-0.1, -0.05) is 66.2 Å². The number of benzene rings is 5. The fourth-order valence-electron chi connectivity index (χ4n) is 4.57. The molecule has 5 heteroatoms. The third-order valence-electron chi connectivity index (χ3n) is 6.22. The van der Waals surface area contributed by atoms with Crippen LogP contribution in [0.4, 0.5) is 11.4 Å². The van der Waals surface area contributed by atoms with Crippen LogP contribution < -0.4 is 4.72 Å². The van der Waals surface area contributed by atoms with Crippen LogP contribution in [0.25, 0.3) is 21.5 Å². The van der Waals surface area contributed by atoms with Crippen molar-refractivity contribution in [1.29, 1.82) is 0 Å². The van der Waals surface area contributed by atoms with Gasteiger partial charge in [-0.25, -0.2) is 8.42 Å². The number of aliphatic imine (C=N–C) groups is 1. The maximum atomic E-state index is 13.0. The molecule has 1 N–H and O–H groups in total. The van der Waals surface area contributed by atoms with Gasteiger partial charge in [-0.05, 0) is 83.8 Å². The molecule has 4 nitrogen and oxygen atoms in total. The normalized spacial score (nSPS) is 12.0. The van der Waals surface area contributed by atoms with Crippen molar-refractivity contribution in [2.75, 3.05) is 4.72 Å². The summed E-state index contributed by atoms with van der Waals surface area (Å²) in [5, 5.41) is 4.56. The van der Waals surface area contributed by atoms with Crippen molar-refractivity contribution in [2.45, 2.75) is 25.7 Å². The molecule has 0 aromatic heterocycles. The Morgan fingerprint density at radius 2 is 1.26 bits per heavy atom. The Bertz CT molecular complexity index is 1630. The lowest BCUT2D eigenvalue weighted by molar-refractivity contribution is 0.601. The second-order valence-electron chi connectivity index (χ2n) is 8.86. The number of anilines is 1. The standard InChI is InChI=1S/C30H26N2O2S/c1-20-16-21(2)30(22(3)17-20)32-35(33,34)26-14-12-25(13-15-26)31-19-29-27-10-6-4-8-23(27)18-24-9-5-7-11-28(24)29/h4-19,32H,1-3H3. The number of rotatable bonds is 5. The highest BCUT2D eigenvalue weighted by Gasteiger charge is 2.17. The smallest absolute Gasteiger partial charge is 0.261 e. The van der Waals surface area contributed by atoms with Gasteiger partial charge in [0.2, 0.25) is 0 Å². The minimum Gasteiger partial charge on any atom is -0.279 e. The molecular weight excluding hydrogens is 452 g/mol. The number of nitrogens with zero attached hydrogens (tertiary/aromatic N) is 1. The molecule has 0 aliphatic rings. The second kappa shape index (κ2) is 9.01. The van der Waals surface area contributed by atoms with E-state index in [2.05, 4.69) is 40.0 Å². The van der Waals surface area contributed by atoms with Crippen LogP contribution in [-0.2, 0) is 10.0 Å². The lowest BCUT2D eigenvalue weighted by atomic mass is 9.97. The number of fused-ring (bicyclic) bond motifs is 2. The van der Waals surface area contributed by atoms with E-state index in [-0.39, 0.29) is 4.90 Å². The summed E-state index contributed by atoms with van der Waals surface area (Å²) in [6, 6.07) is 29.3. The fraction of sp³-hybridized carbons (Fsp3) is 0.100. The van der Waals surface area contributed by atoms with Crippen molar-refractivity contribution < 1.29 is 8.42 Å². The van der Waals surface area contributed by atoms with Gasteiger partial charge in [0.05, 0.1) is 16.3 Å². The highest BCUT2D eigenvalue weighted by Crippen LogP contribution is 2.29. The molecule has 5 aromatic carbocycles. The van der Waals surface area contributed by atoms with Crippen LogP contribution in [-0.4, -0.2) is 14.6 Å². The van der Waals surface area contributed by atoms with Crippen LogP contribution >= 0.6 is 0 Å². The van der Waals surface area contributed by atoms with E-state index >= 15 is 0 Å². The molecule has 0 spiro atoms. The molecule has 0 fully saturated rings. The molecule has 0 atom stereocenters. The topological polar surface area (TPSA) is 58.5 Å². The third kappa shape index (κ3) is 4.55. The molecule has 0 saturated carbocycles.